The zero-order valence-electron chi connectivity index (χ0n) is 10.8. The van der Waals surface area contributed by atoms with Crippen LogP contribution in [0, 0.1) is 19.8 Å². The van der Waals surface area contributed by atoms with Crippen LogP contribution in [0.4, 0.5) is 0 Å². The minimum absolute atomic E-state index is 0.530. The second-order valence-electron chi connectivity index (χ2n) is 5.25. The molecule has 3 atom stereocenters. The van der Waals surface area contributed by atoms with Crippen LogP contribution in [0.5, 0.6) is 0 Å². The van der Waals surface area contributed by atoms with Crippen molar-refractivity contribution in [1.82, 2.24) is 15.1 Å². The fourth-order valence-corrected chi connectivity index (χ4v) is 2.94. The molecule has 1 N–H and O–H groups in total. The molecule has 1 aromatic heterocycles. The third-order valence-electron chi connectivity index (χ3n) is 3.81. The van der Waals surface area contributed by atoms with Gasteiger partial charge in [-0.15, -0.1) is 0 Å². The highest BCUT2D eigenvalue weighted by atomic mass is 15.3. The minimum Gasteiger partial charge on any atom is -0.315 e. The van der Waals surface area contributed by atoms with Crippen LogP contribution in [-0.4, -0.2) is 22.9 Å². The van der Waals surface area contributed by atoms with Crippen molar-refractivity contribution in [2.24, 2.45) is 5.92 Å². The fraction of sp³-hybridized carbons (Fsp3) is 0.769. The van der Waals surface area contributed by atoms with E-state index in [-0.39, 0.29) is 0 Å². The van der Waals surface area contributed by atoms with Crippen molar-refractivity contribution in [3.8, 4) is 0 Å². The Morgan fingerprint density at radius 1 is 1.38 bits per heavy atom. The smallest absolute Gasteiger partial charge is 0.0677 e. The van der Waals surface area contributed by atoms with Crippen LogP contribution >= 0.6 is 0 Å². The lowest BCUT2D eigenvalue weighted by Gasteiger charge is -2.35. The lowest BCUT2D eigenvalue weighted by molar-refractivity contribution is 0.208. The monoisotopic (exact) mass is 221 g/mol. The number of nitrogens with one attached hydrogen (secondary N) is 1. The van der Waals surface area contributed by atoms with Gasteiger partial charge in [0, 0.05) is 11.7 Å². The Balaban J connectivity index is 2.25. The van der Waals surface area contributed by atoms with Gasteiger partial charge in [-0.25, -0.2) is 0 Å². The highest BCUT2D eigenvalue weighted by molar-refractivity contribution is 5.09. The molecule has 16 heavy (non-hydrogen) atoms. The van der Waals surface area contributed by atoms with E-state index in [9.17, 15) is 0 Å². The van der Waals surface area contributed by atoms with Gasteiger partial charge in [0.15, 0.2) is 0 Å². The SMILES string of the molecule is CNC1CCC(C)CC1n1nc(C)cc1C. The van der Waals surface area contributed by atoms with E-state index in [4.69, 9.17) is 0 Å². The molecule has 3 nitrogen and oxygen atoms in total. The first kappa shape index (κ1) is 11.6. The van der Waals surface area contributed by atoms with Crippen molar-refractivity contribution in [2.45, 2.75) is 52.1 Å². The van der Waals surface area contributed by atoms with E-state index >= 15 is 0 Å². The molecule has 0 amide bonds. The fourth-order valence-electron chi connectivity index (χ4n) is 2.94. The molecule has 0 aliphatic heterocycles. The molecule has 1 fully saturated rings. The minimum atomic E-state index is 0.530. The van der Waals surface area contributed by atoms with E-state index in [2.05, 4.69) is 49.0 Å². The molecule has 2 rings (SSSR count). The van der Waals surface area contributed by atoms with E-state index in [0.29, 0.717) is 12.1 Å². The Labute approximate surface area is 98.2 Å². The molecule has 0 saturated heterocycles. The van der Waals surface area contributed by atoms with Gasteiger partial charge >= 0.3 is 0 Å². The van der Waals surface area contributed by atoms with E-state index in [0.717, 1.165) is 11.6 Å². The number of hydrogen-bond acceptors (Lipinski definition) is 2. The maximum atomic E-state index is 4.64. The summed E-state index contributed by atoms with van der Waals surface area (Å²) in [5.41, 5.74) is 2.42. The third kappa shape index (κ3) is 2.14. The average molecular weight is 221 g/mol. The molecular formula is C13H23N3. The number of nitrogens with zero attached hydrogens (tertiary/aromatic N) is 2. The standard InChI is InChI=1S/C13H23N3/c1-9-5-6-12(14-4)13(7-9)16-11(3)8-10(2)15-16/h8-9,12-14H,5-7H2,1-4H3. The Morgan fingerprint density at radius 2 is 2.12 bits per heavy atom. The van der Waals surface area contributed by atoms with Crippen molar-refractivity contribution in [2.75, 3.05) is 7.05 Å². The summed E-state index contributed by atoms with van der Waals surface area (Å²) < 4.78 is 2.23. The molecule has 1 aliphatic carbocycles. The lowest BCUT2D eigenvalue weighted by atomic mass is 9.83. The highest BCUT2D eigenvalue weighted by Crippen LogP contribution is 2.32. The van der Waals surface area contributed by atoms with Gasteiger partial charge in [-0.2, -0.15) is 5.10 Å². The maximum Gasteiger partial charge on any atom is 0.0677 e. The maximum absolute atomic E-state index is 4.64. The highest BCUT2D eigenvalue weighted by Gasteiger charge is 2.30. The van der Waals surface area contributed by atoms with Crippen molar-refractivity contribution in [3.63, 3.8) is 0 Å². The number of likely N-dealkylation sites (N-methyl/N-ethyl adjacent to an activating group) is 1. The van der Waals surface area contributed by atoms with Gasteiger partial charge in [0.2, 0.25) is 0 Å². The van der Waals surface area contributed by atoms with Crippen LogP contribution in [0.2, 0.25) is 0 Å². The van der Waals surface area contributed by atoms with Gasteiger partial charge in [0.05, 0.1) is 11.7 Å². The summed E-state index contributed by atoms with van der Waals surface area (Å²) in [6, 6.07) is 3.28. The normalized spacial score (nSPS) is 30.6. The first-order valence-corrected chi connectivity index (χ1v) is 6.32. The Bertz CT molecular complexity index is 356. The predicted octanol–water partition coefficient (Wildman–Crippen LogP) is 2.45. The van der Waals surface area contributed by atoms with Crippen molar-refractivity contribution >= 4 is 0 Å². The summed E-state index contributed by atoms with van der Waals surface area (Å²) in [4.78, 5) is 0. The van der Waals surface area contributed by atoms with Crippen molar-refractivity contribution in [1.29, 1.82) is 0 Å². The van der Waals surface area contributed by atoms with E-state index in [1.165, 1.54) is 25.0 Å². The molecule has 0 spiro atoms. The summed E-state index contributed by atoms with van der Waals surface area (Å²) in [5.74, 6) is 0.818. The molecule has 3 heteroatoms. The van der Waals surface area contributed by atoms with Crippen LogP contribution in [0.3, 0.4) is 0 Å². The molecule has 1 saturated carbocycles. The van der Waals surface area contributed by atoms with Gasteiger partial charge in [0.25, 0.3) is 0 Å². The third-order valence-corrected chi connectivity index (χ3v) is 3.81. The lowest BCUT2D eigenvalue weighted by Crippen LogP contribution is -2.40. The zero-order valence-corrected chi connectivity index (χ0v) is 10.8. The molecule has 1 heterocycles. The number of aromatic nitrogens is 2. The van der Waals surface area contributed by atoms with E-state index in [1.54, 1.807) is 0 Å². The van der Waals surface area contributed by atoms with Crippen LogP contribution in [0.1, 0.15) is 43.6 Å². The molecule has 3 unspecified atom stereocenters. The molecule has 0 radical (unpaired) electrons. The quantitative estimate of drug-likeness (QED) is 0.831. The van der Waals surface area contributed by atoms with Crippen LogP contribution in [0.25, 0.3) is 0 Å². The van der Waals surface area contributed by atoms with Crippen LogP contribution in [0.15, 0.2) is 6.07 Å². The summed E-state index contributed by atoms with van der Waals surface area (Å²) in [6.07, 6.45) is 3.84. The van der Waals surface area contributed by atoms with E-state index in [1.807, 2.05) is 0 Å². The topological polar surface area (TPSA) is 29.9 Å². The summed E-state index contributed by atoms with van der Waals surface area (Å²) >= 11 is 0. The largest absolute Gasteiger partial charge is 0.315 e. The first-order chi connectivity index (χ1) is 7.61. The Morgan fingerprint density at radius 3 is 2.69 bits per heavy atom. The summed E-state index contributed by atoms with van der Waals surface area (Å²) in [6.45, 7) is 6.58. The summed E-state index contributed by atoms with van der Waals surface area (Å²) in [7, 11) is 2.07. The van der Waals surface area contributed by atoms with Gasteiger partial charge < -0.3 is 5.32 Å². The second-order valence-corrected chi connectivity index (χ2v) is 5.25. The molecular weight excluding hydrogens is 198 g/mol. The molecule has 90 valence electrons. The van der Waals surface area contributed by atoms with Gasteiger partial charge in [0.1, 0.15) is 0 Å². The molecule has 0 bridgehead atoms. The average Bonchev–Trinajstić information content (AvgIpc) is 2.57. The number of aryl methyl sites for hydroxylation is 2. The first-order valence-electron chi connectivity index (χ1n) is 6.32. The van der Waals surface area contributed by atoms with Gasteiger partial charge in [-0.3, -0.25) is 4.68 Å². The van der Waals surface area contributed by atoms with Crippen LogP contribution < -0.4 is 5.32 Å². The van der Waals surface area contributed by atoms with Crippen LogP contribution in [-0.2, 0) is 0 Å². The second kappa shape index (κ2) is 4.58. The van der Waals surface area contributed by atoms with Crippen molar-refractivity contribution in [3.05, 3.63) is 17.5 Å². The zero-order chi connectivity index (χ0) is 11.7. The predicted molar refractivity (Wildman–Crippen MR) is 66.6 cm³/mol. The number of hydrogen-bond donors (Lipinski definition) is 1. The van der Waals surface area contributed by atoms with Crippen molar-refractivity contribution < 1.29 is 0 Å². The molecule has 1 aliphatic rings. The molecule has 1 aromatic rings. The Hall–Kier alpha value is -0.830. The summed E-state index contributed by atoms with van der Waals surface area (Å²) in [5, 5.41) is 8.09. The Kier molecular flexibility index (Phi) is 3.33. The molecule has 0 aromatic carbocycles. The number of rotatable bonds is 2. The van der Waals surface area contributed by atoms with E-state index < -0.39 is 0 Å². The van der Waals surface area contributed by atoms with Gasteiger partial charge in [-0.05, 0) is 52.1 Å². The van der Waals surface area contributed by atoms with Gasteiger partial charge in [-0.1, -0.05) is 6.92 Å².